The lowest BCUT2D eigenvalue weighted by atomic mass is 9.85. The van der Waals surface area contributed by atoms with Crippen LogP contribution in [0.1, 0.15) is 26.7 Å². The first kappa shape index (κ1) is 8.52. The van der Waals surface area contributed by atoms with Crippen molar-refractivity contribution >= 4 is 0 Å². The van der Waals surface area contributed by atoms with Crippen molar-refractivity contribution in [1.29, 1.82) is 0 Å². The number of rotatable bonds is 1. The van der Waals surface area contributed by atoms with E-state index in [0.717, 1.165) is 19.1 Å². The second-order valence-electron chi connectivity index (χ2n) is 4.18. The van der Waals surface area contributed by atoms with Crippen molar-refractivity contribution in [3.05, 3.63) is 0 Å². The number of likely N-dealkylation sites (N-methyl/N-ethyl adjacent to an activating group) is 1. The lowest BCUT2D eigenvalue weighted by Gasteiger charge is -2.36. The van der Waals surface area contributed by atoms with Gasteiger partial charge in [-0.2, -0.15) is 0 Å². The quantitative estimate of drug-likeness (QED) is 0.590. The molecule has 2 heteroatoms. The molecule has 0 amide bonds. The summed E-state index contributed by atoms with van der Waals surface area (Å²) in [6, 6.07) is 0. The van der Waals surface area contributed by atoms with E-state index in [9.17, 15) is 0 Å². The summed E-state index contributed by atoms with van der Waals surface area (Å²) in [6.07, 6.45) is 2.61. The van der Waals surface area contributed by atoms with Gasteiger partial charge in [-0.15, -0.1) is 0 Å². The van der Waals surface area contributed by atoms with Gasteiger partial charge in [-0.3, -0.25) is 4.90 Å². The summed E-state index contributed by atoms with van der Waals surface area (Å²) in [7, 11) is 0. The maximum Gasteiger partial charge on any atom is 0.0653 e. The average molecular weight is 169 g/mol. The predicted molar refractivity (Wildman–Crippen MR) is 49.2 cm³/mol. The molecule has 0 radical (unpaired) electrons. The highest BCUT2D eigenvalue weighted by Gasteiger charge is 2.47. The third kappa shape index (κ3) is 1.01. The van der Waals surface area contributed by atoms with Crippen molar-refractivity contribution in [2.45, 2.75) is 32.2 Å². The number of hydrogen-bond donors (Lipinski definition) is 0. The normalized spacial score (nSPS) is 43.0. The Morgan fingerprint density at radius 1 is 1.58 bits per heavy atom. The molecular formula is C10H19NO. The van der Waals surface area contributed by atoms with Gasteiger partial charge in [-0.05, 0) is 31.8 Å². The van der Waals surface area contributed by atoms with Crippen molar-refractivity contribution < 1.29 is 4.74 Å². The molecule has 2 atom stereocenters. The Balaban J connectivity index is 2.17. The van der Waals surface area contributed by atoms with Crippen molar-refractivity contribution in [3.63, 3.8) is 0 Å². The number of likely N-dealkylation sites (tertiary alicyclic amines) is 1. The van der Waals surface area contributed by atoms with Crippen LogP contribution in [-0.4, -0.2) is 36.7 Å². The molecule has 0 aromatic rings. The minimum absolute atomic E-state index is 0.425. The van der Waals surface area contributed by atoms with Gasteiger partial charge < -0.3 is 4.74 Å². The molecular weight excluding hydrogens is 150 g/mol. The lowest BCUT2D eigenvalue weighted by Crippen LogP contribution is -2.47. The predicted octanol–water partition coefficient (Wildman–Crippen LogP) is 1.51. The average Bonchev–Trinajstić information content (AvgIpc) is 2.65. The highest BCUT2D eigenvalue weighted by Crippen LogP contribution is 2.40. The van der Waals surface area contributed by atoms with Crippen LogP contribution in [0.4, 0.5) is 0 Å². The van der Waals surface area contributed by atoms with Crippen LogP contribution in [0.3, 0.4) is 0 Å². The Kier molecular flexibility index (Phi) is 2.13. The Bertz CT molecular complexity index is 163. The number of ether oxygens (including phenoxy) is 1. The van der Waals surface area contributed by atoms with Crippen LogP contribution in [-0.2, 0) is 4.74 Å². The van der Waals surface area contributed by atoms with Gasteiger partial charge in [-0.1, -0.05) is 13.8 Å². The summed E-state index contributed by atoms with van der Waals surface area (Å²) in [4.78, 5) is 2.62. The van der Waals surface area contributed by atoms with Gasteiger partial charge in [0.25, 0.3) is 0 Å². The maximum absolute atomic E-state index is 5.54. The van der Waals surface area contributed by atoms with Crippen LogP contribution < -0.4 is 0 Å². The zero-order chi connectivity index (χ0) is 8.60. The highest BCUT2D eigenvalue weighted by atomic mass is 16.5. The van der Waals surface area contributed by atoms with Crippen LogP contribution in [0, 0.1) is 5.92 Å². The monoisotopic (exact) mass is 169 g/mol. The molecule has 2 nitrogen and oxygen atoms in total. The lowest BCUT2D eigenvalue weighted by molar-refractivity contribution is 0.0827. The van der Waals surface area contributed by atoms with Gasteiger partial charge in [0, 0.05) is 12.1 Å². The topological polar surface area (TPSA) is 12.5 Å². The second kappa shape index (κ2) is 3.00. The van der Waals surface area contributed by atoms with E-state index in [2.05, 4.69) is 18.7 Å². The summed E-state index contributed by atoms with van der Waals surface area (Å²) in [5, 5.41) is 0. The van der Waals surface area contributed by atoms with E-state index in [1.165, 1.54) is 25.9 Å². The maximum atomic E-state index is 5.54. The van der Waals surface area contributed by atoms with E-state index < -0.39 is 0 Å². The Morgan fingerprint density at radius 2 is 2.42 bits per heavy atom. The van der Waals surface area contributed by atoms with Gasteiger partial charge in [0.15, 0.2) is 0 Å². The molecule has 1 spiro atoms. The molecule has 70 valence electrons. The molecule has 0 aliphatic carbocycles. The molecule has 0 N–H and O–H groups in total. The van der Waals surface area contributed by atoms with E-state index in [0.29, 0.717) is 5.54 Å². The molecule has 0 aromatic carbocycles. The number of nitrogens with zero attached hydrogens (tertiary/aromatic N) is 1. The third-order valence-corrected chi connectivity index (χ3v) is 3.79. The standard InChI is InChI=1S/C10H19NO/c1-3-11-6-4-9(2)10(11)5-7-12-8-10/h9H,3-8H2,1-2H3/t9-,10+/m1/s1. The molecule has 2 saturated heterocycles. The summed E-state index contributed by atoms with van der Waals surface area (Å²) in [5.74, 6) is 0.833. The zero-order valence-electron chi connectivity index (χ0n) is 8.18. The SMILES string of the molecule is CCN1CC[C@@H](C)[C@@]12CCOC2. The van der Waals surface area contributed by atoms with Gasteiger partial charge in [0.1, 0.15) is 0 Å². The largest absolute Gasteiger partial charge is 0.379 e. The Morgan fingerprint density at radius 3 is 3.00 bits per heavy atom. The fourth-order valence-corrected chi connectivity index (χ4v) is 2.83. The minimum Gasteiger partial charge on any atom is -0.379 e. The molecule has 0 aromatic heterocycles. The van der Waals surface area contributed by atoms with Crippen molar-refractivity contribution in [2.24, 2.45) is 5.92 Å². The van der Waals surface area contributed by atoms with E-state index in [4.69, 9.17) is 4.74 Å². The van der Waals surface area contributed by atoms with Gasteiger partial charge in [0.05, 0.1) is 6.61 Å². The molecule has 2 rings (SSSR count). The molecule has 2 fully saturated rings. The third-order valence-electron chi connectivity index (χ3n) is 3.79. The first-order chi connectivity index (χ1) is 5.79. The van der Waals surface area contributed by atoms with E-state index >= 15 is 0 Å². The molecule has 2 aliphatic heterocycles. The fraction of sp³-hybridized carbons (Fsp3) is 1.00. The van der Waals surface area contributed by atoms with Crippen molar-refractivity contribution in [1.82, 2.24) is 4.90 Å². The molecule has 0 bridgehead atoms. The smallest absolute Gasteiger partial charge is 0.0653 e. The first-order valence-electron chi connectivity index (χ1n) is 5.12. The van der Waals surface area contributed by atoms with Crippen molar-refractivity contribution in [3.8, 4) is 0 Å². The second-order valence-corrected chi connectivity index (χ2v) is 4.18. The van der Waals surface area contributed by atoms with Crippen LogP contribution in [0.5, 0.6) is 0 Å². The summed E-state index contributed by atoms with van der Waals surface area (Å²) < 4.78 is 5.54. The summed E-state index contributed by atoms with van der Waals surface area (Å²) in [6.45, 7) is 9.06. The minimum atomic E-state index is 0.425. The van der Waals surface area contributed by atoms with E-state index in [1.54, 1.807) is 0 Å². The van der Waals surface area contributed by atoms with Crippen LogP contribution in [0.2, 0.25) is 0 Å². The van der Waals surface area contributed by atoms with E-state index in [1.807, 2.05) is 0 Å². The first-order valence-corrected chi connectivity index (χ1v) is 5.12. The molecule has 2 heterocycles. The molecule has 12 heavy (non-hydrogen) atoms. The Hall–Kier alpha value is -0.0800. The molecule has 0 saturated carbocycles. The van der Waals surface area contributed by atoms with Crippen molar-refractivity contribution in [2.75, 3.05) is 26.3 Å². The van der Waals surface area contributed by atoms with Gasteiger partial charge in [-0.25, -0.2) is 0 Å². The molecule has 2 aliphatic rings. The van der Waals surface area contributed by atoms with Gasteiger partial charge in [0.2, 0.25) is 0 Å². The fourth-order valence-electron chi connectivity index (χ4n) is 2.83. The molecule has 0 unspecified atom stereocenters. The van der Waals surface area contributed by atoms with Crippen LogP contribution in [0.25, 0.3) is 0 Å². The van der Waals surface area contributed by atoms with Crippen LogP contribution >= 0.6 is 0 Å². The Labute approximate surface area is 74.9 Å². The summed E-state index contributed by atoms with van der Waals surface area (Å²) >= 11 is 0. The van der Waals surface area contributed by atoms with E-state index in [-0.39, 0.29) is 0 Å². The van der Waals surface area contributed by atoms with Crippen LogP contribution in [0.15, 0.2) is 0 Å². The zero-order valence-corrected chi connectivity index (χ0v) is 8.18. The number of hydrogen-bond acceptors (Lipinski definition) is 2. The van der Waals surface area contributed by atoms with Gasteiger partial charge >= 0.3 is 0 Å². The summed E-state index contributed by atoms with van der Waals surface area (Å²) in [5.41, 5.74) is 0.425. The highest BCUT2D eigenvalue weighted by molar-refractivity contribution is 5.02.